The van der Waals surface area contributed by atoms with Gasteiger partial charge in [0.25, 0.3) is 5.91 Å². The van der Waals surface area contributed by atoms with Crippen LogP contribution in [-0.2, 0) is 6.18 Å². The number of H-pyrrole nitrogens is 1. The van der Waals surface area contributed by atoms with Gasteiger partial charge >= 0.3 is 12.1 Å². The van der Waals surface area contributed by atoms with Gasteiger partial charge in [-0.1, -0.05) is 75.5 Å². The van der Waals surface area contributed by atoms with Gasteiger partial charge in [-0.3, -0.25) is 4.79 Å². The van der Waals surface area contributed by atoms with E-state index < -0.39 is 23.6 Å². The van der Waals surface area contributed by atoms with Gasteiger partial charge in [0.1, 0.15) is 5.69 Å². The lowest BCUT2D eigenvalue weighted by Gasteiger charge is -2.12. The Morgan fingerprint density at radius 1 is 0.930 bits per heavy atom. The quantitative estimate of drug-likeness (QED) is 0.0784. The highest BCUT2D eigenvalue weighted by Gasteiger charge is 2.31. The summed E-state index contributed by atoms with van der Waals surface area (Å²) in [7, 11) is 0. The van der Waals surface area contributed by atoms with E-state index >= 15 is 0 Å². The molecule has 0 atom stereocenters. The second-order valence-corrected chi connectivity index (χ2v) is 11.6. The van der Waals surface area contributed by atoms with Crippen LogP contribution in [0.2, 0.25) is 10.0 Å². The van der Waals surface area contributed by atoms with Crippen LogP contribution < -0.4 is 10.2 Å². The normalized spacial score (nSPS) is 11.7. The van der Waals surface area contributed by atoms with E-state index in [1.165, 1.54) is 12.3 Å². The number of halogens is 7. The molecule has 0 aliphatic carbocycles. The van der Waals surface area contributed by atoms with Gasteiger partial charge in [0, 0.05) is 31.6 Å². The molecule has 6 nitrogen and oxygen atoms in total. The SMILES string of the molecule is O=C(Oc1c(Br)cc(Br)cc1C=NNC(=O)c1[nH]c2c(Cl)cccc2c1-c1ccccc1Cl)c1cccc(C(F)(F)F)c1. The summed E-state index contributed by atoms with van der Waals surface area (Å²) >= 11 is 19.5. The minimum atomic E-state index is -4.63. The van der Waals surface area contributed by atoms with Crippen LogP contribution in [0, 0.1) is 0 Å². The van der Waals surface area contributed by atoms with Gasteiger partial charge in [-0.25, -0.2) is 10.2 Å². The maximum absolute atomic E-state index is 13.4. The van der Waals surface area contributed by atoms with E-state index in [-0.39, 0.29) is 22.6 Å². The Morgan fingerprint density at radius 3 is 2.40 bits per heavy atom. The van der Waals surface area contributed by atoms with E-state index in [4.69, 9.17) is 27.9 Å². The summed E-state index contributed by atoms with van der Waals surface area (Å²) in [6, 6.07) is 19.3. The van der Waals surface area contributed by atoms with E-state index in [1.807, 2.05) is 0 Å². The average Bonchev–Trinajstić information content (AvgIpc) is 3.35. The molecule has 0 saturated heterocycles. The molecular weight excluding hydrogens is 738 g/mol. The number of aromatic amines is 1. The van der Waals surface area contributed by atoms with Crippen molar-refractivity contribution in [1.29, 1.82) is 0 Å². The molecule has 2 N–H and O–H groups in total. The number of nitrogens with one attached hydrogen (secondary N) is 2. The molecule has 43 heavy (non-hydrogen) atoms. The van der Waals surface area contributed by atoms with Crippen molar-refractivity contribution < 1.29 is 27.5 Å². The first-order valence-electron chi connectivity index (χ1n) is 12.2. The number of nitrogens with zero attached hydrogens (tertiary/aromatic N) is 1. The van der Waals surface area contributed by atoms with E-state index in [1.54, 1.807) is 54.6 Å². The second kappa shape index (κ2) is 12.5. The van der Waals surface area contributed by atoms with E-state index in [2.05, 4.69) is 47.4 Å². The molecule has 13 heteroatoms. The highest BCUT2D eigenvalue weighted by molar-refractivity contribution is 9.11. The summed E-state index contributed by atoms with van der Waals surface area (Å²) in [4.78, 5) is 29.2. The number of para-hydroxylation sites is 1. The van der Waals surface area contributed by atoms with Crippen LogP contribution in [-0.4, -0.2) is 23.1 Å². The standard InChI is InChI=1S/C30H16Br2Cl2F3N3O3/c31-18-12-16(27(21(32)13-18)43-29(42)15-5-3-6-17(11-15)30(35,36)37)14-38-40-28(41)26-24(19-7-1-2-9-22(19)33)20-8-4-10-23(34)25(20)39-26/h1-14,39H,(H,40,41). The molecule has 5 aromatic rings. The fourth-order valence-electron chi connectivity index (χ4n) is 4.27. The van der Waals surface area contributed by atoms with E-state index in [0.29, 0.717) is 47.1 Å². The van der Waals surface area contributed by atoms with Crippen molar-refractivity contribution in [1.82, 2.24) is 10.4 Å². The number of esters is 1. The molecule has 1 heterocycles. The first-order chi connectivity index (χ1) is 20.4. The lowest BCUT2D eigenvalue weighted by Crippen LogP contribution is -2.19. The lowest BCUT2D eigenvalue weighted by atomic mass is 10.0. The number of hydrogen-bond acceptors (Lipinski definition) is 4. The lowest BCUT2D eigenvalue weighted by molar-refractivity contribution is -0.137. The first kappa shape index (κ1) is 30.8. The number of hydrazone groups is 1. The monoisotopic (exact) mass is 751 g/mol. The Kier molecular flexibility index (Phi) is 8.98. The summed E-state index contributed by atoms with van der Waals surface area (Å²) in [6.07, 6.45) is -3.40. The molecule has 4 aromatic carbocycles. The predicted molar refractivity (Wildman–Crippen MR) is 167 cm³/mol. The number of rotatable bonds is 6. The fraction of sp³-hybridized carbons (Fsp3) is 0.0333. The van der Waals surface area contributed by atoms with E-state index in [0.717, 1.165) is 12.1 Å². The molecule has 1 aromatic heterocycles. The molecule has 0 aliphatic rings. The van der Waals surface area contributed by atoms with Crippen LogP contribution in [0.4, 0.5) is 13.2 Å². The summed E-state index contributed by atoms with van der Waals surface area (Å²) in [5, 5.41) is 5.55. The number of carbonyl (C=O) groups is 2. The third-order valence-corrected chi connectivity index (χ3v) is 7.87. The smallest absolute Gasteiger partial charge is 0.416 e. The third kappa shape index (κ3) is 6.65. The summed E-state index contributed by atoms with van der Waals surface area (Å²) in [6.45, 7) is 0. The highest BCUT2D eigenvalue weighted by Crippen LogP contribution is 2.39. The third-order valence-electron chi connectivity index (χ3n) is 6.18. The van der Waals surface area contributed by atoms with Gasteiger partial charge in [-0.15, -0.1) is 0 Å². The number of ether oxygens (including phenoxy) is 1. The molecule has 0 radical (unpaired) electrons. The van der Waals surface area contributed by atoms with Crippen LogP contribution in [0.3, 0.4) is 0 Å². The van der Waals surface area contributed by atoms with Crippen molar-refractivity contribution in [2.75, 3.05) is 0 Å². The van der Waals surface area contributed by atoms with Crippen molar-refractivity contribution >= 4 is 84.1 Å². The Bertz CT molecular complexity index is 1930. The second-order valence-electron chi connectivity index (χ2n) is 8.99. The largest absolute Gasteiger partial charge is 0.421 e. The van der Waals surface area contributed by atoms with Gasteiger partial charge in [0.2, 0.25) is 0 Å². The fourth-order valence-corrected chi connectivity index (χ4v) is 6.06. The van der Waals surface area contributed by atoms with Gasteiger partial charge < -0.3 is 9.72 Å². The zero-order chi connectivity index (χ0) is 30.9. The number of benzene rings is 4. The zero-order valence-electron chi connectivity index (χ0n) is 21.4. The molecule has 0 aliphatic heterocycles. The first-order valence-corrected chi connectivity index (χ1v) is 14.5. The predicted octanol–water partition coefficient (Wildman–Crippen LogP) is 9.67. The zero-order valence-corrected chi connectivity index (χ0v) is 26.1. The molecule has 1 amide bonds. The molecule has 0 fully saturated rings. The Hall–Kier alpha value is -3.64. The topological polar surface area (TPSA) is 83.5 Å². The Balaban J connectivity index is 1.45. The number of fused-ring (bicyclic) bond motifs is 1. The van der Waals surface area contributed by atoms with Crippen molar-refractivity contribution in [3.8, 4) is 16.9 Å². The molecule has 0 bridgehead atoms. The summed E-state index contributed by atoms with van der Waals surface area (Å²) < 4.78 is 45.8. The van der Waals surface area contributed by atoms with Crippen molar-refractivity contribution in [3.05, 3.63) is 120 Å². The van der Waals surface area contributed by atoms with Crippen LogP contribution in [0.15, 0.2) is 92.9 Å². The van der Waals surface area contributed by atoms with Crippen LogP contribution in [0.1, 0.15) is 32.0 Å². The summed E-state index contributed by atoms with van der Waals surface area (Å²) in [5.74, 6) is -1.67. The molecule has 0 unspecified atom stereocenters. The number of amides is 1. The van der Waals surface area contributed by atoms with Crippen molar-refractivity contribution in [2.45, 2.75) is 6.18 Å². The molecule has 218 valence electrons. The maximum atomic E-state index is 13.4. The van der Waals surface area contributed by atoms with Gasteiger partial charge in [0.05, 0.1) is 32.4 Å². The van der Waals surface area contributed by atoms with Crippen molar-refractivity contribution in [3.63, 3.8) is 0 Å². The minimum Gasteiger partial charge on any atom is -0.421 e. The van der Waals surface area contributed by atoms with Gasteiger partial charge in [0.15, 0.2) is 5.75 Å². The number of carbonyl (C=O) groups excluding carboxylic acids is 2. The Labute approximate surface area is 269 Å². The molecular formula is C30H16Br2Cl2F3N3O3. The summed E-state index contributed by atoms with van der Waals surface area (Å²) in [5.41, 5.74) is 3.20. The van der Waals surface area contributed by atoms with Crippen LogP contribution in [0.25, 0.3) is 22.0 Å². The van der Waals surface area contributed by atoms with Crippen LogP contribution >= 0.6 is 55.1 Å². The van der Waals surface area contributed by atoms with E-state index in [9.17, 15) is 22.8 Å². The highest BCUT2D eigenvalue weighted by atomic mass is 79.9. The number of aromatic nitrogens is 1. The van der Waals surface area contributed by atoms with Crippen molar-refractivity contribution in [2.24, 2.45) is 5.10 Å². The average molecular weight is 754 g/mol. The number of alkyl halides is 3. The molecule has 5 rings (SSSR count). The minimum absolute atomic E-state index is 0.0299. The van der Waals surface area contributed by atoms with Gasteiger partial charge in [-0.05, 0) is 58.4 Å². The maximum Gasteiger partial charge on any atom is 0.416 e. The molecule has 0 spiro atoms. The molecule has 0 saturated carbocycles. The number of hydrogen-bond donors (Lipinski definition) is 2. The Morgan fingerprint density at radius 2 is 1.65 bits per heavy atom. The van der Waals surface area contributed by atoms with Crippen LogP contribution in [0.5, 0.6) is 5.75 Å². The van der Waals surface area contributed by atoms with Gasteiger partial charge in [-0.2, -0.15) is 18.3 Å².